The first kappa shape index (κ1) is 10.2. The van der Waals surface area contributed by atoms with E-state index in [0.717, 1.165) is 11.0 Å². The van der Waals surface area contributed by atoms with Crippen LogP contribution in [0.25, 0.3) is 16.6 Å². The van der Waals surface area contributed by atoms with Crippen LogP contribution in [-0.2, 0) is 0 Å². The molecular formula is C12H11N3O. The van der Waals surface area contributed by atoms with E-state index in [9.17, 15) is 5.11 Å². The van der Waals surface area contributed by atoms with E-state index in [-0.39, 0.29) is 11.3 Å². The minimum atomic E-state index is 0.0570. The summed E-state index contributed by atoms with van der Waals surface area (Å²) in [4.78, 5) is 7.27. The third-order valence-electron chi connectivity index (χ3n) is 2.36. The molecular weight excluding hydrogens is 202 g/mol. The number of benzene rings is 1. The Hall–Kier alpha value is -2.28. The number of nitriles is 1. The van der Waals surface area contributed by atoms with Gasteiger partial charge in [-0.15, -0.1) is 0 Å². The zero-order chi connectivity index (χ0) is 11.5. The molecule has 0 fully saturated rings. The molecule has 4 heteroatoms. The predicted molar refractivity (Wildman–Crippen MR) is 61.5 cm³/mol. The van der Waals surface area contributed by atoms with Crippen LogP contribution in [-0.4, -0.2) is 15.1 Å². The van der Waals surface area contributed by atoms with Gasteiger partial charge >= 0.3 is 0 Å². The maximum atomic E-state index is 9.59. The van der Waals surface area contributed by atoms with Gasteiger partial charge in [-0.05, 0) is 12.1 Å². The van der Waals surface area contributed by atoms with Crippen molar-refractivity contribution >= 4 is 16.6 Å². The van der Waals surface area contributed by atoms with E-state index in [1.807, 2.05) is 30.3 Å². The predicted octanol–water partition coefficient (Wildman–Crippen LogP) is 2.77. The lowest BCUT2D eigenvalue weighted by Crippen LogP contribution is -1.90. The summed E-state index contributed by atoms with van der Waals surface area (Å²) in [5.74, 6) is 0.476. The molecule has 0 radical (unpaired) electrons. The first-order valence-electron chi connectivity index (χ1n) is 5.03. The van der Waals surface area contributed by atoms with Crippen LogP contribution in [0, 0.1) is 11.3 Å². The van der Waals surface area contributed by atoms with Crippen molar-refractivity contribution in [2.75, 3.05) is 0 Å². The lowest BCUT2D eigenvalue weighted by molar-refractivity contribution is 0.398. The maximum Gasteiger partial charge on any atom is 0.152 e. The highest BCUT2D eigenvalue weighted by Gasteiger charge is 2.11. The number of aliphatic hydroxyl groups is 1. The SMILES string of the molecule is CC/C(O)=C(\C#N)c1nc2ccccc2[nH]1. The Bertz CT molecular complexity index is 557. The number of H-pyrrole nitrogens is 1. The normalized spacial score (nSPS) is 12.2. The molecule has 1 aromatic heterocycles. The van der Waals surface area contributed by atoms with E-state index < -0.39 is 0 Å². The van der Waals surface area contributed by atoms with E-state index in [4.69, 9.17) is 5.26 Å². The van der Waals surface area contributed by atoms with Crippen molar-refractivity contribution in [1.29, 1.82) is 5.26 Å². The summed E-state index contributed by atoms with van der Waals surface area (Å²) in [5, 5.41) is 18.6. The van der Waals surface area contributed by atoms with Crippen molar-refractivity contribution in [3.8, 4) is 6.07 Å². The molecule has 0 aliphatic carbocycles. The van der Waals surface area contributed by atoms with Crippen LogP contribution in [0.15, 0.2) is 30.0 Å². The highest BCUT2D eigenvalue weighted by molar-refractivity contribution is 5.82. The molecule has 2 aromatic rings. The van der Waals surface area contributed by atoms with Crippen LogP contribution in [0.2, 0.25) is 0 Å². The quantitative estimate of drug-likeness (QED) is 0.595. The van der Waals surface area contributed by atoms with Gasteiger partial charge in [0.2, 0.25) is 0 Å². The van der Waals surface area contributed by atoms with Gasteiger partial charge in [0.05, 0.1) is 11.0 Å². The number of hydrogen-bond donors (Lipinski definition) is 2. The summed E-state index contributed by atoms with van der Waals surface area (Å²) in [7, 11) is 0. The molecule has 0 unspecified atom stereocenters. The van der Waals surface area contributed by atoms with Gasteiger partial charge < -0.3 is 10.1 Å². The van der Waals surface area contributed by atoms with Gasteiger partial charge in [-0.25, -0.2) is 4.98 Å². The first-order chi connectivity index (χ1) is 7.76. The summed E-state index contributed by atoms with van der Waals surface area (Å²) in [6.07, 6.45) is 0.417. The minimum absolute atomic E-state index is 0.0570. The fourth-order valence-electron chi connectivity index (χ4n) is 1.50. The van der Waals surface area contributed by atoms with E-state index in [1.165, 1.54) is 0 Å². The van der Waals surface area contributed by atoms with Gasteiger partial charge in [0.1, 0.15) is 17.4 Å². The number of nitrogens with one attached hydrogen (secondary N) is 1. The fraction of sp³-hybridized carbons (Fsp3) is 0.167. The van der Waals surface area contributed by atoms with Gasteiger partial charge in [-0.2, -0.15) is 5.26 Å². The van der Waals surface area contributed by atoms with Crippen molar-refractivity contribution < 1.29 is 5.11 Å². The van der Waals surface area contributed by atoms with Gasteiger partial charge in [-0.3, -0.25) is 0 Å². The molecule has 0 aliphatic heterocycles. The Kier molecular flexibility index (Phi) is 2.61. The lowest BCUT2D eigenvalue weighted by Gasteiger charge is -1.96. The summed E-state index contributed by atoms with van der Waals surface area (Å²) in [6.45, 7) is 1.79. The molecule has 0 spiro atoms. The smallest absolute Gasteiger partial charge is 0.152 e. The van der Waals surface area contributed by atoms with Crippen molar-refractivity contribution in [3.05, 3.63) is 35.8 Å². The second-order valence-electron chi connectivity index (χ2n) is 3.39. The fourth-order valence-corrected chi connectivity index (χ4v) is 1.50. The number of nitrogens with zero attached hydrogens (tertiary/aromatic N) is 2. The third kappa shape index (κ3) is 1.63. The largest absolute Gasteiger partial charge is 0.511 e. The molecule has 0 bridgehead atoms. The van der Waals surface area contributed by atoms with Crippen LogP contribution >= 0.6 is 0 Å². The Morgan fingerprint density at radius 1 is 1.50 bits per heavy atom. The highest BCUT2D eigenvalue weighted by Crippen LogP contribution is 2.19. The molecule has 1 aromatic carbocycles. The van der Waals surface area contributed by atoms with Crippen molar-refractivity contribution in [1.82, 2.24) is 9.97 Å². The van der Waals surface area contributed by atoms with Crippen LogP contribution in [0.5, 0.6) is 0 Å². The molecule has 80 valence electrons. The Balaban J connectivity index is 2.60. The van der Waals surface area contributed by atoms with Crippen molar-refractivity contribution in [2.24, 2.45) is 0 Å². The molecule has 1 heterocycles. The minimum Gasteiger partial charge on any atom is -0.511 e. The van der Waals surface area contributed by atoms with Crippen LogP contribution in [0.4, 0.5) is 0 Å². The van der Waals surface area contributed by atoms with Gasteiger partial charge in [0.15, 0.2) is 5.82 Å². The molecule has 16 heavy (non-hydrogen) atoms. The maximum absolute atomic E-state index is 9.59. The summed E-state index contributed by atoms with van der Waals surface area (Å²) < 4.78 is 0. The zero-order valence-corrected chi connectivity index (χ0v) is 8.86. The average Bonchev–Trinajstić information content (AvgIpc) is 2.72. The Morgan fingerprint density at radius 3 is 2.88 bits per heavy atom. The number of hydrogen-bond acceptors (Lipinski definition) is 3. The molecule has 0 saturated carbocycles. The van der Waals surface area contributed by atoms with Crippen LogP contribution in [0.1, 0.15) is 19.2 Å². The lowest BCUT2D eigenvalue weighted by atomic mass is 10.2. The molecule has 0 aliphatic rings. The third-order valence-corrected chi connectivity index (χ3v) is 2.36. The molecule has 2 rings (SSSR count). The van der Waals surface area contributed by atoms with Crippen LogP contribution < -0.4 is 0 Å². The monoisotopic (exact) mass is 213 g/mol. The molecule has 4 nitrogen and oxygen atoms in total. The molecule has 0 saturated heterocycles. The summed E-state index contributed by atoms with van der Waals surface area (Å²) >= 11 is 0. The standard InChI is InChI=1S/C12H11N3O/c1-2-11(16)8(7-13)12-14-9-5-3-4-6-10(9)15-12/h3-6,16H,2H2,1H3,(H,14,15)/b11-8-. The number of allylic oxidation sites excluding steroid dienone is 2. The van der Waals surface area contributed by atoms with E-state index in [1.54, 1.807) is 6.92 Å². The topological polar surface area (TPSA) is 72.7 Å². The van der Waals surface area contributed by atoms with Crippen molar-refractivity contribution in [3.63, 3.8) is 0 Å². The number of imidazole rings is 1. The van der Waals surface area contributed by atoms with E-state index >= 15 is 0 Å². The number of aromatic nitrogens is 2. The van der Waals surface area contributed by atoms with Gasteiger partial charge in [0.25, 0.3) is 0 Å². The number of rotatable bonds is 2. The van der Waals surface area contributed by atoms with Crippen LogP contribution in [0.3, 0.4) is 0 Å². The number of aromatic amines is 1. The number of para-hydroxylation sites is 2. The zero-order valence-electron chi connectivity index (χ0n) is 8.86. The Morgan fingerprint density at radius 2 is 2.25 bits per heavy atom. The molecule has 2 N–H and O–H groups in total. The average molecular weight is 213 g/mol. The van der Waals surface area contributed by atoms with E-state index in [2.05, 4.69) is 9.97 Å². The number of aliphatic hydroxyl groups excluding tert-OH is 1. The van der Waals surface area contributed by atoms with Gasteiger partial charge in [0, 0.05) is 6.42 Å². The molecule has 0 amide bonds. The second kappa shape index (κ2) is 4.07. The summed E-state index contributed by atoms with van der Waals surface area (Å²) in [6, 6.07) is 9.47. The molecule has 0 atom stereocenters. The summed E-state index contributed by atoms with van der Waals surface area (Å²) in [5.41, 5.74) is 1.85. The Labute approximate surface area is 92.9 Å². The van der Waals surface area contributed by atoms with Crippen molar-refractivity contribution in [2.45, 2.75) is 13.3 Å². The van der Waals surface area contributed by atoms with Gasteiger partial charge in [-0.1, -0.05) is 19.1 Å². The van der Waals surface area contributed by atoms with E-state index in [0.29, 0.717) is 12.2 Å². The number of fused-ring (bicyclic) bond motifs is 1. The first-order valence-corrected chi connectivity index (χ1v) is 5.03. The highest BCUT2D eigenvalue weighted by atomic mass is 16.3. The second-order valence-corrected chi connectivity index (χ2v) is 3.39.